The number of hydrogen-bond donors (Lipinski definition) is 1. The first-order valence-electron chi connectivity index (χ1n) is 3.84. The normalized spacial score (nSPS) is 9.38. The van der Waals surface area contributed by atoms with Crippen molar-refractivity contribution in [2.75, 3.05) is 5.75 Å². The molecule has 1 rings (SSSR count). The molecule has 0 aliphatic rings. The minimum Gasteiger partial charge on any atom is -0.872 e. The molecule has 0 radical (unpaired) electrons. The maximum absolute atomic E-state index is 10.6. The van der Waals surface area contributed by atoms with Crippen LogP contribution in [-0.2, 0) is 10.1 Å². The zero-order valence-corrected chi connectivity index (χ0v) is 13.2. The van der Waals surface area contributed by atoms with E-state index in [-0.39, 0.29) is 41.1 Å². The van der Waals surface area contributed by atoms with Crippen molar-refractivity contribution in [1.29, 1.82) is 0 Å². The van der Waals surface area contributed by atoms with Gasteiger partial charge in [0, 0.05) is 4.47 Å². The summed E-state index contributed by atoms with van der Waals surface area (Å²) in [7, 11) is -3.79. The summed E-state index contributed by atoms with van der Waals surface area (Å²) in [5.74, 6) is -0.333. The Morgan fingerprint density at radius 2 is 1.94 bits per heavy atom. The fourth-order valence-corrected chi connectivity index (χ4v) is 1.18. The molecule has 0 amide bonds. The van der Waals surface area contributed by atoms with Crippen LogP contribution in [0, 0.1) is 0 Å². The Hall–Kier alpha value is 0.150. The molecule has 0 aliphatic carbocycles. The SMILES string of the molecule is C=CCS(=O)(=O)O.[Na+].[O-]c1ccccc1Br. The van der Waals surface area contributed by atoms with E-state index in [1.807, 2.05) is 6.07 Å². The van der Waals surface area contributed by atoms with E-state index < -0.39 is 10.1 Å². The van der Waals surface area contributed by atoms with Crippen molar-refractivity contribution in [3.05, 3.63) is 41.4 Å². The summed E-state index contributed by atoms with van der Waals surface area (Å²) in [5, 5.41) is 10.6. The summed E-state index contributed by atoms with van der Waals surface area (Å²) < 4.78 is 28.0. The van der Waals surface area contributed by atoms with Crippen LogP contribution >= 0.6 is 15.9 Å². The summed E-state index contributed by atoms with van der Waals surface area (Å²) in [6.45, 7) is 3.11. The Morgan fingerprint density at radius 3 is 2.12 bits per heavy atom. The second-order valence-electron chi connectivity index (χ2n) is 2.47. The second-order valence-corrected chi connectivity index (χ2v) is 4.82. The number of hydrogen-bond acceptors (Lipinski definition) is 3. The molecule has 0 aliphatic heterocycles. The topological polar surface area (TPSA) is 77.4 Å². The van der Waals surface area contributed by atoms with Gasteiger partial charge in [-0.1, -0.05) is 46.0 Å². The van der Waals surface area contributed by atoms with Gasteiger partial charge in [0.15, 0.2) is 0 Å². The summed E-state index contributed by atoms with van der Waals surface area (Å²) >= 11 is 3.08. The zero-order valence-electron chi connectivity index (χ0n) is 8.76. The van der Waals surface area contributed by atoms with Crippen LogP contribution in [0.15, 0.2) is 41.4 Å². The molecule has 84 valence electrons. The molecule has 0 saturated heterocycles. The molecule has 0 atom stereocenters. The van der Waals surface area contributed by atoms with Gasteiger partial charge in [-0.25, -0.2) is 0 Å². The molecule has 1 aromatic carbocycles. The minimum absolute atomic E-state index is 0. The third kappa shape index (κ3) is 10.7. The van der Waals surface area contributed by atoms with Crippen molar-refractivity contribution in [3.63, 3.8) is 0 Å². The molecule has 1 aromatic rings. The Kier molecular flexibility index (Phi) is 10.7. The van der Waals surface area contributed by atoms with Crippen LogP contribution in [0.5, 0.6) is 5.75 Å². The van der Waals surface area contributed by atoms with E-state index >= 15 is 0 Å². The van der Waals surface area contributed by atoms with Crippen molar-refractivity contribution in [3.8, 4) is 5.75 Å². The quantitative estimate of drug-likeness (QED) is 0.413. The predicted molar refractivity (Wildman–Crippen MR) is 60.2 cm³/mol. The van der Waals surface area contributed by atoms with Gasteiger partial charge in [0.2, 0.25) is 0 Å². The van der Waals surface area contributed by atoms with E-state index in [9.17, 15) is 13.5 Å². The number of benzene rings is 1. The van der Waals surface area contributed by atoms with Crippen LogP contribution < -0.4 is 34.7 Å². The maximum Gasteiger partial charge on any atom is 1.00 e. The maximum atomic E-state index is 10.6. The first-order valence-corrected chi connectivity index (χ1v) is 6.24. The fourth-order valence-electron chi connectivity index (χ4n) is 0.594. The van der Waals surface area contributed by atoms with E-state index in [0.717, 1.165) is 6.08 Å². The third-order valence-corrected chi connectivity index (χ3v) is 2.48. The molecular weight excluding hydrogens is 307 g/mol. The van der Waals surface area contributed by atoms with E-state index in [0.29, 0.717) is 4.47 Å². The van der Waals surface area contributed by atoms with E-state index in [2.05, 4.69) is 22.5 Å². The van der Waals surface area contributed by atoms with Crippen molar-refractivity contribution < 1.29 is 47.6 Å². The molecule has 0 fully saturated rings. The van der Waals surface area contributed by atoms with E-state index in [4.69, 9.17) is 4.55 Å². The van der Waals surface area contributed by atoms with Crippen LogP contribution in [0.3, 0.4) is 0 Å². The molecule has 0 heterocycles. The van der Waals surface area contributed by atoms with Crippen molar-refractivity contribution >= 4 is 26.0 Å². The summed E-state index contributed by atoms with van der Waals surface area (Å²) in [6.07, 6.45) is 1.12. The van der Waals surface area contributed by atoms with Crippen LogP contribution in [-0.4, -0.2) is 18.7 Å². The molecule has 4 nitrogen and oxygen atoms in total. The largest absolute Gasteiger partial charge is 1.00 e. The van der Waals surface area contributed by atoms with Crippen LogP contribution in [0.1, 0.15) is 0 Å². The van der Waals surface area contributed by atoms with Gasteiger partial charge in [-0.05, 0) is 6.07 Å². The van der Waals surface area contributed by atoms with Gasteiger partial charge in [-0.15, -0.1) is 6.58 Å². The Bertz CT molecular complexity index is 398. The number of para-hydroxylation sites is 1. The fraction of sp³-hybridized carbons (Fsp3) is 0.111. The molecule has 0 unspecified atom stereocenters. The Morgan fingerprint density at radius 1 is 1.44 bits per heavy atom. The molecular formula is C9H10BrNaO4S. The van der Waals surface area contributed by atoms with Crippen LogP contribution in [0.25, 0.3) is 0 Å². The van der Waals surface area contributed by atoms with Gasteiger partial charge in [-0.3, -0.25) is 4.55 Å². The van der Waals surface area contributed by atoms with Crippen molar-refractivity contribution in [2.24, 2.45) is 0 Å². The molecule has 16 heavy (non-hydrogen) atoms. The molecule has 0 saturated carbocycles. The van der Waals surface area contributed by atoms with Crippen LogP contribution in [0.4, 0.5) is 0 Å². The smallest absolute Gasteiger partial charge is 0.872 e. The minimum atomic E-state index is -3.79. The van der Waals surface area contributed by atoms with Gasteiger partial charge in [0.25, 0.3) is 10.1 Å². The Balaban J connectivity index is 0. The van der Waals surface area contributed by atoms with Gasteiger partial charge >= 0.3 is 29.6 Å². The van der Waals surface area contributed by atoms with Gasteiger partial charge in [0.05, 0.1) is 5.75 Å². The number of rotatable bonds is 2. The number of halogens is 1. The molecule has 0 aromatic heterocycles. The predicted octanol–water partition coefficient (Wildman–Crippen LogP) is -1.41. The Labute approximate surface area is 126 Å². The summed E-state index contributed by atoms with van der Waals surface area (Å²) in [6, 6.07) is 6.77. The first kappa shape index (κ1) is 18.5. The van der Waals surface area contributed by atoms with Crippen molar-refractivity contribution in [2.45, 2.75) is 0 Å². The summed E-state index contributed by atoms with van der Waals surface area (Å²) in [5.41, 5.74) is 0. The van der Waals surface area contributed by atoms with E-state index in [1.165, 1.54) is 6.07 Å². The molecule has 1 N–H and O–H groups in total. The van der Waals surface area contributed by atoms with Gasteiger partial charge in [-0.2, -0.15) is 8.42 Å². The first-order chi connectivity index (χ1) is 6.87. The average Bonchev–Trinajstić information content (AvgIpc) is 2.09. The second kappa shape index (κ2) is 9.21. The summed E-state index contributed by atoms with van der Waals surface area (Å²) in [4.78, 5) is 0. The van der Waals surface area contributed by atoms with Gasteiger partial charge < -0.3 is 5.11 Å². The standard InChI is InChI=1S/C6H5BrO.C3H6O3S.Na/c7-5-3-1-2-4-6(5)8;1-2-3-7(4,5)6;/h1-4,8H;2H,1,3H2,(H,4,5,6);/q;;+1/p-1. The van der Waals surface area contributed by atoms with Crippen molar-refractivity contribution in [1.82, 2.24) is 0 Å². The van der Waals surface area contributed by atoms with E-state index in [1.54, 1.807) is 12.1 Å². The third-order valence-electron chi connectivity index (χ3n) is 1.17. The average molecular weight is 317 g/mol. The van der Waals surface area contributed by atoms with Gasteiger partial charge in [0.1, 0.15) is 0 Å². The van der Waals surface area contributed by atoms with Crippen LogP contribution in [0.2, 0.25) is 0 Å². The zero-order chi connectivity index (χ0) is 11.9. The molecule has 0 spiro atoms. The molecule has 0 bridgehead atoms. The monoisotopic (exact) mass is 316 g/mol. The molecule has 7 heteroatoms.